The van der Waals surface area contributed by atoms with E-state index in [1.807, 2.05) is 30.3 Å². The number of rotatable bonds is 3. The third-order valence-corrected chi connectivity index (χ3v) is 2.33. The number of carbonyl (C=O) groups is 1. The van der Waals surface area contributed by atoms with Crippen molar-refractivity contribution in [3.05, 3.63) is 69.0 Å². The number of H-pyrrole nitrogens is 2. The number of aliphatic carboxylic acids is 1. The van der Waals surface area contributed by atoms with Crippen LogP contribution in [0.4, 0.5) is 0 Å². The lowest BCUT2D eigenvalue weighted by Gasteiger charge is -2.04. The van der Waals surface area contributed by atoms with Gasteiger partial charge in [0.15, 0.2) is 0 Å². The molecule has 1 atom stereocenters. The lowest BCUT2D eigenvalue weighted by Crippen LogP contribution is -2.32. The molecule has 2 rings (SSSR count). The van der Waals surface area contributed by atoms with Crippen molar-refractivity contribution in [1.29, 1.82) is 0 Å². The van der Waals surface area contributed by atoms with Crippen molar-refractivity contribution in [1.82, 2.24) is 9.97 Å². The topological polar surface area (TPSA) is 129 Å². The molecule has 0 radical (unpaired) electrons. The van der Waals surface area contributed by atoms with Crippen LogP contribution in [0.5, 0.6) is 0 Å². The molecular weight excluding hydrogens is 262 g/mol. The molecule has 7 nitrogen and oxygen atoms in total. The molecule has 20 heavy (non-hydrogen) atoms. The van der Waals surface area contributed by atoms with Crippen LogP contribution >= 0.6 is 0 Å². The van der Waals surface area contributed by atoms with Gasteiger partial charge in [-0.3, -0.25) is 14.4 Å². The van der Waals surface area contributed by atoms with Crippen molar-refractivity contribution in [3.63, 3.8) is 0 Å². The normalized spacial score (nSPS) is 11.1. The molecule has 1 aromatic heterocycles. The van der Waals surface area contributed by atoms with Crippen molar-refractivity contribution in [2.24, 2.45) is 5.73 Å². The van der Waals surface area contributed by atoms with Gasteiger partial charge >= 0.3 is 17.1 Å². The molecule has 0 aliphatic heterocycles. The zero-order valence-electron chi connectivity index (χ0n) is 10.6. The van der Waals surface area contributed by atoms with Gasteiger partial charge in [-0.15, -0.1) is 0 Å². The van der Waals surface area contributed by atoms with Crippen LogP contribution in [0.3, 0.4) is 0 Å². The van der Waals surface area contributed by atoms with Gasteiger partial charge in [-0.2, -0.15) is 0 Å². The van der Waals surface area contributed by atoms with Crippen molar-refractivity contribution in [2.45, 2.75) is 12.5 Å². The summed E-state index contributed by atoms with van der Waals surface area (Å²) in [7, 11) is 0. The Hall–Kier alpha value is -2.67. The van der Waals surface area contributed by atoms with Gasteiger partial charge in [0.1, 0.15) is 6.04 Å². The second kappa shape index (κ2) is 7.70. The average molecular weight is 277 g/mol. The Labute approximate surface area is 114 Å². The molecule has 1 aromatic carbocycles. The predicted octanol–water partition coefficient (Wildman–Crippen LogP) is -0.296. The van der Waals surface area contributed by atoms with E-state index in [1.165, 1.54) is 12.4 Å². The van der Waals surface area contributed by atoms with Crippen LogP contribution in [0.15, 0.2) is 52.3 Å². The molecule has 0 saturated carbocycles. The minimum Gasteiger partial charge on any atom is -0.480 e. The fraction of sp³-hybridized carbons (Fsp3) is 0.154. The molecule has 1 heterocycles. The fourth-order valence-corrected chi connectivity index (χ4v) is 1.32. The molecule has 1 unspecified atom stereocenters. The van der Waals surface area contributed by atoms with E-state index in [1.54, 1.807) is 0 Å². The molecule has 0 aliphatic rings. The Morgan fingerprint density at radius 3 is 2.00 bits per heavy atom. The number of aromatic nitrogens is 2. The van der Waals surface area contributed by atoms with Crippen LogP contribution in [0.1, 0.15) is 5.56 Å². The average Bonchev–Trinajstić information content (AvgIpc) is 2.44. The van der Waals surface area contributed by atoms with Crippen LogP contribution in [-0.4, -0.2) is 27.1 Å². The minimum atomic E-state index is -0.959. The zero-order chi connectivity index (χ0) is 15.0. The number of hydrogen-bond donors (Lipinski definition) is 4. The second-order valence-corrected chi connectivity index (χ2v) is 3.91. The van der Waals surface area contributed by atoms with E-state index in [2.05, 4.69) is 9.97 Å². The summed E-state index contributed by atoms with van der Waals surface area (Å²) >= 11 is 0. The highest BCUT2D eigenvalue weighted by molar-refractivity contribution is 5.73. The molecular formula is C13H15N3O4. The molecule has 0 aliphatic carbocycles. The second-order valence-electron chi connectivity index (χ2n) is 3.91. The largest absolute Gasteiger partial charge is 0.480 e. The number of nitrogens with two attached hydrogens (primary N) is 1. The Bertz CT molecular complexity index is 619. The molecule has 0 fully saturated rings. The quantitative estimate of drug-likeness (QED) is 0.573. The number of carboxylic acids is 1. The highest BCUT2D eigenvalue weighted by Crippen LogP contribution is 2.01. The van der Waals surface area contributed by atoms with Gasteiger partial charge in [-0.05, 0) is 12.0 Å². The Kier molecular flexibility index (Phi) is 5.92. The van der Waals surface area contributed by atoms with Gasteiger partial charge in [0.05, 0.1) is 0 Å². The summed E-state index contributed by atoms with van der Waals surface area (Å²) in [5, 5.41) is 8.52. The molecule has 0 bridgehead atoms. The van der Waals surface area contributed by atoms with Crippen molar-refractivity contribution in [3.8, 4) is 0 Å². The fourth-order valence-electron chi connectivity index (χ4n) is 1.32. The first-order valence-corrected chi connectivity index (χ1v) is 5.79. The van der Waals surface area contributed by atoms with Gasteiger partial charge in [0.2, 0.25) is 0 Å². The minimum absolute atomic E-state index is 0.385. The van der Waals surface area contributed by atoms with Gasteiger partial charge in [-0.25, -0.2) is 0 Å². The maximum Gasteiger partial charge on any atom is 0.320 e. The lowest BCUT2D eigenvalue weighted by molar-refractivity contribution is -0.138. The Balaban J connectivity index is 0.000000217. The lowest BCUT2D eigenvalue weighted by atomic mass is 10.1. The maximum absolute atomic E-state index is 10.4. The standard InChI is InChI=1S/C9H11NO2.C4H4N2O2/c10-8(9(11)12)6-7-4-2-1-3-5-7;7-3-4(8)6-2-1-5-3/h1-5,8H,6,10H2,(H,11,12);1-2H,(H,5,7)(H,6,8). The van der Waals surface area contributed by atoms with Gasteiger partial charge in [0.25, 0.3) is 0 Å². The molecule has 2 aromatic rings. The summed E-state index contributed by atoms with van der Waals surface area (Å²) in [4.78, 5) is 35.2. The van der Waals surface area contributed by atoms with E-state index in [0.29, 0.717) is 6.42 Å². The van der Waals surface area contributed by atoms with Crippen LogP contribution in [0, 0.1) is 0 Å². The Morgan fingerprint density at radius 1 is 1.10 bits per heavy atom. The van der Waals surface area contributed by atoms with Crippen LogP contribution in [0.25, 0.3) is 0 Å². The van der Waals surface area contributed by atoms with Crippen molar-refractivity contribution < 1.29 is 9.90 Å². The summed E-state index contributed by atoms with van der Waals surface area (Å²) in [6.07, 6.45) is 3.11. The Morgan fingerprint density at radius 2 is 1.60 bits per heavy atom. The van der Waals surface area contributed by atoms with E-state index in [-0.39, 0.29) is 0 Å². The SMILES string of the molecule is NC(Cc1ccccc1)C(=O)O.O=c1[nH]cc[nH]c1=O. The third kappa shape index (κ3) is 5.32. The van der Waals surface area contributed by atoms with Gasteiger partial charge < -0.3 is 20.8 Å². The first-order chi connectivity index (χ1) is 9.50. The van der Waals surface area contributed by atoms with E-state index in [0.717, 1.165) is 5.56 Å². The van der Waals surface area contributed by atoms with Crippen LogP contribution in [-0.2, 0) is 11.2 Å². The van der Waals surface area contributed by atoms with Crippen LogP contribution in [0.2, 0.25) is 0 Å². The number of nitrogens with one attached hydrogen (secondary N) is 2. The first-order valence-electron chi connectivity index (χ1n) is 5.79. The number of hydrogen-bond acceptors (Lipinski definition) is 4. The summed E-state index contributed by atoms with van der Waals surface area (Å²) in [5.74, 6) is -0.959. The maximum atomic E-state index is 10.4. The highest BCUT2D eigenvalue weighted by Gasteiger charge is 2.10. The highest BCUT2D eigenvalue weighted by atomic mass is 16.4. The predicted molar refractivity (Wildman–Crippen MR) is 73.4 cm³/mol. The number of aromatic amines is 2. The van der Waals surface area contributed by atoms with E-state index < -0.39 is 23.1 Å². The van der Waals surface area contributed by atoms with E-state index in [4.69, 9.17) is 10.8 Å². The first kappa shape index (κ1) is 15.4. The van der Waals surface area contributed by atoms with Crippen LogP contribution < -0.4 is 16.9 Å². The van der Waals surface area contributed by atoms with E-state index >= 15 is 0 Å². The third-order valence-electron chi connectivity index (χ3n) is 2.33. The molecule has 5 N–H and O–H groups in total. The molecule has 106 valence electrons. The summed E-state index contributed by atoms with van der Waals surface area (Å²) in [6, 6.07) is 8.54. The summed E-state index contributed by atoms with van der Waals surface area (Å²) in [5.41, 5.74) is 5.06. The smallest absolute Gasteiger partial charge is 0.320 e. The number of benzene rings is 1. The molecule has 0 spiro atoms. The zero-order valence-corrected chi connectivity index (χ0v) is 10.6. The van der Waals surface area contributed by atoms with E-state index in [9.17, 15) is 14.4 Å². The van der Waals surface area contributed by atoms with Gasteiger partial charge in [-0.1, -0.05) is 30.3 Å². The molecule has 0 saturated heterocycles. The molecule has 7 heteroatoms. The van der Waals surface area contributed by atoms with Crippen molar-refractivity contribution in [2.75, 3.05) is 0 Å². The van der Waals surface area contributed by atoms with Crippen molar-refractivity contribution >= 4 is 5.97 Å². The molecule has 0 amide bonds. The summed E-state index contributed by atoms with van der Waals surface area (Å²) in [6.45, 7) is 0. The summed E-state index contributed by atoms with van der Waals surface area (Å²) < 4.78 is 0. The monoisotopic (exact) mass is 277 g/mol. The number of carboxylic acid groups (broad SMARTS) is 1. The van der Waals surface area contributed by atoms with Gasteiger partial charge in [0, 0.05) is 12.4 Å².